The largest absolute Gasteiger partial charge is 0.378 e. The summed E-state index contributed by atoms with van der Waals surface area (Å²) in [6.07, 6.45) is 5.80. The molecule has 0 bridgehead atoms. The molecule has 1 N–H and O–H groups in total. The average Bonchev–Trinajstić information content (AvgIpc) is 2.77. The lowest BCUT2D eigenvalue weighted by Crippen LogP contribution is -2.36. The van der Waals surface area contributed by atoms with Crippen LogP contribution in [0.25, 0.3) is 0 Å². The fourth-order valence-electron chi connectivity index (χ4n) is 4.28. The molecule has 1 aliphatic heterocycles. The summed E-state index contributed by atoms with van der Waals surface area (Å²) in [5, 5.41) is 3.23. The molecule has 2 aromatic rings. The van der Waals surface area contributed by atoms with Crippen molar-refractivity contribution < 1.29 is 9.53 Å². The quantitative estimate of drug-likeness (QED) is 0.844. The summed E-state index contributed by atoms with van der Waals surface area (Å²) in [7, 11) is 0. The molecule has 148 valence electrons. The van der Waals surface area contributed by atoms with Crippen molar-refractivity contribution in [2.45, 2.75) is 45.1 Å². The van der Waals surface area contributed by atoms with Gasteiger partial charge in [0, 0.05) is 24.3 Å². The SMILES string of the molecule is CC[C@H](NC(=O)c1ccc(N2CCOCC2)cc1)c1ccc2c(c1)CCCC2. The summed E-state index contributed by atoms with van der Waals surface area (Å²) < 4.78 is 5.41. The van der Waals surface area contributed by atoms with Crippen LogP contribution in [0.4, 0.5) is 5.69 Å². The Morgan fingerprint density at radius 3 is 2.46 bits per heavy atom. The predicted octanol–water partition coefficient (Wildman–Crippen LogP) is 4.28. The van der Waals surface area contributed by atoms with Gasteiger partial charge in [-0.25, -0.2) is 0 Å². The fourth-order valence-corrected chi connectivity index (χ4v) is 4.28. The molecular weight excluding hydrogens is 348 g/mol. The monoisotopic (exact) mass is 378 g/mol. The molecule has 4 nitrogen and oxygen atoms in total. The van der Waals surface area contributed by atoms with Crippen LogP contribution >= 0.6 is 0 Å². The van der Waals surface area contributed by atoms with E-state index >= 15 is 0 Å². The first-order valence-electron chi connectivity index (χ1n) is 10.6. The molecular formula is C24H30N2O2. The second kappa shape index (κ2) is 8.78. The smallest absolute Gasteiger partial charge is 0.251 e. The summed E-state index contributed by atoms with van der Waals surface area (Å²) in [4.78, 5) is 15.1. The van der Waals surface area contributed by atoms with E-state index in [0.717, 1.165) is 44.8 Å². The van der Waals surface area contributed by atoms with Crippen LogP contribution in [0.1, 0.15) is 59.3 Å². The van der Waals surface area contributed by atoms with Crippen molar-refractivity contribution in [1.29, 1.82) is 0 Å². The maximum atomic E-state index is 12.8. The number of nitrogens with one attached hydrogen (secondary N) is 1. The Morgan fingerprint density at radius 2 is 1.75 bits per heavy atom. The Balaban J connectivity index is 1.44. The number of aryl methyl sites for hydroxylation is 2. The molecule has 1 heterocycles. The molecule has 4 rings (SSSR count). The van der Waals surface area contributed by atoms with Crippen LogP contribution in [0.15, 0.2) is 42.5 Å². The summed E-state index contributed by atoms with van der Waals surface area (Å²) in [5.41, 5.74) is 6.04. The first-order chi connectivity index (χ1) is 13.7. The highest BCUT2D eigenvalue weighted by Crippen LogP contribution is 2.26. The minimum absolute atomic E-state index is 0.00176. The lowest BCUT2D eigenvalue weighted by molar-refractivity contribution is 0.0935. The van der Waals surface area contributed by atoms with E-state index in [4.69, 9.17) is 4.74 Å². The van der Waals surface area contributed by atoms with Crippen LogP contribution in [-0.2, 0) is 17.6 Å². The van der Waals surface area contributed by atoms with Gasteiger partial charge in [-0.1, -0.05) is 25.1 Å². The fraction of sp³-hybridized carbons (Fsp3) is 0.458. The highest BCUT2D eigenvalue weighted by atomic mass is 16.5. The number of carbonyl (C=O) groups is 1. The molecule has 4 heteroatoms. The molecule has 0 spiro atoms. The van der Waals surface area contributed by atoms with E-state index < -0.39 is 0 Å². The summed E-state index contributed by atoms with van der Waals surface area (Å²) >= 11 is 0. The summed E-state index contributed by atoms with van der Waals surface area (Å²) in [6.45, 7) is 5.47. The van der Waals surface area contributed by atoms with Crippen LogP contribution < -0.4 is 10.2 Å². The number of carbonyl (C=O) groups excluding carboxylic acids is 1. The molecule has 28 heavy (non-hydrogen) atoms. The van der Waals surface area contributed by atoms with E-state index in [2.05, 4.69) is 35.3 Å². The zero-order valence-electron chi connectivity index (χ0n) is 16.7. The third kappa shape index (κ3) is 4.22. The Labute approximate surface area is 167 Å². The molecule has 2 aliphatic rings. The van der Waals surface area contributed by atoms with E-state index in [9.17, 15) is 4.79 Å². The minimum Gasteiger partial charge on any atom is -0.378 e. The van der Waals surface area contributed by atoms with E-state index in [0.29, 0.717) is 5.56 Å². The first kappa shape index (κ1) is 19.0. The van der Waals surface area contributed by atoms with Gasteiger partial charge in [0.25, 0.3) is 5.91 Å². The second-order valence-corrected chi connectivity index (χ2v) is 7.82. The van der Waals surface area contributed by atoms with Crippen molar-refractivity contribution in [2.75, 3.05) is 31.2 Å². The van der Waals surface area contributed by atoms with Crippen LogP contribution in [0.3, 0.4) is 0 Å². The molecule has 0 saturated carbocycles. The number of fused-ring (bicyclic) bond motifs is 1. The standard InChI is InChI=1S/C24H30N2O2/c1-2-23(21-8-7-18-5-3-4-6-20(18)17-21)25-24(27)19-9-11-22(12-10-19)26-13-15-28-16-14-26/h7-12,17,23H,2-6,13-16H2,1H3,(H,25,27)/t23-/m0/s1. The average molecular weight is 379 g/mol. The van der Waals surface area contributed by atoms with Crippen molar-refractivity contribution in [3.8, 4) is 0 Å². The van der Waals surface area contributed by atoms with Crippen molar-refractivity contribution in [2.24, 2.45) is 0 Å². The van der Waals surface area contributed by atoms with Crippen LogP contribution in [0.5, 0.6) is 0 Å². The van der Waals surface area contributed by atoms with Gasteiger partial charge in [0.1, 0.15) is 0 Å². The van der Waals surface area contributed by atoms with E-state index in [1.165, 1.54) is 36.0 Å². The Bertz CT molecular complexity index is 810. The number of morpholine rings is 1. The van der Waals surface area contributed by atoms with Gasteiger partial charge < -0.3 is 15.0 Å². The van der Waals surface area contributed by atoms with Gasteiger partial charge >= 0.3 is 0 Å². The third-order valence-electron chi connectivity index (χ3n) is 5.99. The van der Waals surface area contributed by atoms with Gasteiger partial charge in [-0.15, -0.1) is 0 Å². The summed E-state index contributed by atoms with van der Waals surface area (Å²) in [5.74, 6) is -0.00176. The van der Waals surface area contributed by atoms with Crippen molar-refractivity contribution >= 4 is 11.6 Å². The summed E-state index contributed by atoms with van der Waals surface area (Å²) in [6, 6.07) is 14.8. The first-order valence-corrected chi connectivity index (χ1v) is 10.6. The molecule has 1 atom stereocenters. The minimum atomic E-state index is -0.00176. The van der Waals surface area contributed by atoms with Gasteiger partial charge in [-0.05, 0) is 73.1 Å². The molecule has 1 amide bonds. The lowest BCUT2D eigenvalue weighted by atomic mass is 9.88. The Morgan fingerprint density at radius 1 is 1.04 bits per heavy atom. The molecule has 0 unspecified atom stereocenters. The van der Waals surface area contributed by atoms with Crippen molar-refractivity contribution in [3.05, 3.63) is 64.7 Å². The van der Waals surface area contributed by atoms with Gasteiger partial charge in [-0.2, -0.15) is 0 Å². The zero-order chi connectivity index (χ0) is 19.3. The second-order valence-electron chi connectivity index (χ2n) is 7.82. The molecule has 1 saturated heterocycles. The van der Waals surface area contributed by atoms with Crippen LogP contribution in [-0.4, -0.2) is 32.2 Å². The number of hydrogen-bond acceptors (Lipinski definition) is 3. The lowest BCUT2D eigenvalue weighted by Gasteiger charge is -2.29. The van der Waals surface area contributed by atoms with Crippen LogP contribution in [0, 0.1) is 0 Å². The number of anilines is 1. The molecule has 1 aliphatic carbocycles. The van der Waals surface area contributed by atoms with Crippen molar-refractivity contribution in [3.63, 3.8) is 0 Å². The number of ether oxygens (including phenoxy) is 1. The highest BCUT2D eigenvalue weighted by Gasteiger charge is 2.18. The maximum absolute atomic E-state index is 12.8. The third-order valence-corrected chi connectivity index (χ3v) is 5.99. The number of benzene rings is 2. The number of hydrogen-bond donors (Lipinski definition) is 1. The Hall–Kier alpha value is -2.33. The zero-order valence-corrected chi connectivity index (χ0v) is 16.7. The number of rotatable bonds is 5. The topological polar surface area (TPSA) is 41.6 Å². The maximum Gasteiger partial charge on any atom is 0.251 e. The van der Waals surface area contributed by atoms with Crippen LogP contribution in [0.2, 0.25) is 0 Å². The molecule has 2 aromatic carbocycles. The van der Waals surface area contributed by atoms with Gasteiger partial charge in [0.05, 0.1) is 19.3 Å². The van der Waals surface area contributed by atoms with Gasteiger partial charge in [0.2, 0.25) is 0 Å². The number of nitrogens with zero attached hydrogens (tertiary/aromatic N) is 1. The van der Waals surface area contributed by atoms with Gasteiger partial charge in [0.15, 0.2) is 0 Å². The molecule has 1 fully saturated rings. The van der Waals surface area contributed by atoms with E-state index in [1.54, 1.807) is 0 Å². The highest BCUT2D eigenvalue weighted by molar-refractivity contribution is 5.94. The number of amides is 1. The van der Waals surface area contributed by atoms with Gasteiger partial charge in [-0.3, -0.25) is 4.79 Å². The van der Waals surface area contributed by atoms with E-state index in [1.807, 2.05) is 24.3 Å². The Kier molecular flexibility index (Phi) is 5.96. The van der Waals surface area contributed by atoms with Crippen molar-refractivity contribution in [1.82, 2.24) is 5.32 Å². The van der Waals surface area contributed by atoms with E-state index in [-0.39, 0.29) is 11.9 Å². The molecule has 0 aromatic heterocycles. The predicted molar refractivity (Wildman–Crippen MR) is 113 cm³/mol. The normalized spacial score (nSPS) is 17.7. The molecule has 0 radical (unpaired) electrons.